The van der Waals surface area contributed by atoms with Gasteiger partial charge in [-0.3, -0.25) is 0 Å². The molecule has 14 nitrogen and oxygen atoms in total. The molecule has 0 radical (unpaired) electrons. The van der Waals surface area contributed by atoms with E-state index < -0.39 is 99.7 Å². The maximum atomic E-state index is 10.6. The van der Waals surface area contributed by atoms with Crippen molar-refractivity contribution in [3.05, 3.63) is 0 Å². The summed E-state index contributed by atoms with van der Waals surface area (Å²) in [6.07, 6.45) is -19.4. The first kappa shape index (κ1) is 24.1. The topological polar surface area (TPSA) is 228 Å². The van der Waals surface area contributed by atoms with Gasteiger partial charge in [-0.15, -0.1) is 0 Å². The first-order valence-corrected chi connectivity index (χ1v) is 9.41. The summed E-state index contributed by atoms with van der Waals surface area (Å²) >= 11 is 0. The zero-order chi connectivity index (χ0) is 22.2. The summed E-state index contributed by atoms with van der Waals surface area (Å²) in [4.78, 5) is 0. The third-order valence-corrected chi connectivity index (χ3v) is 5.40. The molecule has 0 saturated carbocycles. The molecule has 0 amide bonds. The van der Waals surface area contributed by atoms with E-state index in [2.05, 4.69) is 0 Å². The van der Waals surface area contributed by atoms with Crippen LogP contribution in [0.3, 0.4) is 0 Å². The van der Waals surface area contributed by atoms with Crippen LogP contribution in [0.2, 0.25) is 0 Å². The molecule has 0 aromatic carbocycles. The molecular weight excluding hydrogens is 416 g/mol. The largest absolute Gasteiger partial charge is 0.394 e. The Kier molecular flexibility index (Phi) is 7.97. The summed E-state index contributed by atoms with van der Waals surface area (Å²) in [5.41, 5.74) is 0. The van der Waals surface area contributed by atoms with Crippen molar-refractivity contribution in [1.82, 2.24) is 0 Å². The maximum Gasteiger partial charge on any atom is 0.187 e. The minimum Gasteiger partial charge on any atom is -0.394 e. The summed E-state index contributed by atoms with van der Waals surface area (Å²) in [7, 11) is 0. The highest BCUT2D eigenvalue weighted by atomic mass is 16.8. The second kappa shape index (κ2) is 9.93. The van der Waals surface area contributed by atoms with E-state index in [1.807, 2.05) is 0 Å². The Hall–Kier alpha value is -0.560. The van der Waals surface area contributed by atoms with Crippen LogP contribution in [-0.4, -0.2) is 146 Å². The van der Waals surface area contributed by atoms with Crippen LogP contribution in [0, 0.1) is 0 Å². The number of aliphatic hydroxyl groups is 9. The summed E-state index contributed by atoms with van der Waals surface area (Å²) < 4.78 is 26.2. The van der Waals surface area contributed by atoms with Crippen molar-refractivity contribution in [3.8, 4) is 0 Å². The molecule has 176 valence electrons. The van der Waals surface area contributed by atoms with E-state index in [1.54, 1.807) is 0 Å². The van der Waals surface area contributed by atoms with Crippen molar-refractivity contribution < 1.29 is 69.6 Å². The molecule has 0 spiro atoms. The molecule has 3 aliphatic heterocycles. The molecule has 3 heterocycles. The van der Waals surface area contributed by atoms with Crippen LogP contribution in [0.1, 0.15) is 0 Å². The van der Waals surface area contributed by atoms with Gasteiger partial charge in [-0.05, 0) is 0 Å². The Morgan fingerprint density at radius 3 is 1.43 bits per heavy atom. The molecule has 30 heavy (non-hydrogen) atoms. The van der Waals surface area contributed by atoms with Gasteiger partial charge in [0.15, 0.2) is 18.9 Å². The summed E-state index contributed by atoms with van der Waals surface area (Å²) in [5.74, 6) is 0. The van der Waals surface area contributed by atoms with Crippen molar-refractivity contribution in [2.45, 2.75) is 79.9 Å². The predicted octanol–water partition coefficient (Wildman–Crippen LogP) is -6.29. The standard InChI is InChI=1S/C16H28O14/c17-1-4-7(20)10(23)15(27-4)29-12-8(21)6(3-19)28-16(11(12)24)30-13-9(22)5(2-18)26-14(13)25/h4-25H,1-3H2/t4-,5-,6+,7-,8+,9-,10+,11+,12-,13+,14+,15-,16+/m0/s1. The lowest BCUT2D eigenvalue weighted by Crippen LogP contribution is -2.62. The van der Waals surface area contributed by atoms with E-state index in [9.17, 15) is 35.7 Å². The first-order valence-electron chi connectivity index (χ1n) is 9.41. The molecule has 13 atom stereocenters. The normalized spacial score (nSPS) is 52.1. The van der Waals surface area contributed by atoms with Crippen molar-refractivity contribution in [1.29, 1.82) is 0 Å². The molecule has 0 aromatic heterocycles. The molecule has 3 rings (SSSR count). The fourth-order valence-electron chi connectivity index (χ4n) is 3.63. The number of hydrogen-bond donors (Lipinski definition) is 9. The smallest absolute Gasteiger partial charge is 0.187 e. The van der Waals surface area contributed by atoms with Crippen molar-refractivity contribution in [2.75, 3.05) is 19.8 Å². The quantitative estimate of drug-likeness (QED) is 0.178. The fraction of sp³-hybridized carbons (Fsp3) is 1.00. The van der Waals surface area contributed by atoms with E-state index in [1.165, 1.54) is 0 Å². The molecular formula is C16H28O14. The van der Waals surface area contributed by atoms with Crippen molar-refractivity contribution >= 4 is 0 Å². The van der Waals surface area contributed by atoms with Gasteiger partial charge in [0.25, 0.3) is 0 Å². The van der Waals surface area contributed by atoms with Gasteiger partial charge < -0.3 is 69.6 Å². The Morgan fingerprint density at radius 1 is 0.500 bits per heavy atom. The molecule has 14 heteroatoms. The Morgan fingerprint density at radius 2 is 0.933 bits per heavy atom. The van der Waals surface area contributed by atoms with Crippen molar-refractivity contribution in [2.24, 2.45) is 0 Å². The van der Waals surface area contributed by atoms with Crippen LogP contribution >= 0.6 is 0 Å². The predicted molar refractivity (Wildman–Crippen MR) is 89.2 cm³/mol. The van der Waals surface area contributed by atoms with Gasteiger partial charge in [0.2, 0.25) is 0 Å². The Balaban J connectivity index is 1.72. The molecule has 0 aliphatic carbocycles. The lowest BCUT2D eigenvalue weighted by molar-refractivity contribution is -0.346. The minimum absolute atomic E-state index is 0.610. The second-order valence-electron chi connectivity index (χ2n) is 7.35. The maximum absolute atomic E-state index is 10.6. The SMILES string of the molecule is OC[C@@H]1O[C@@H](O[C@@H]2[C@@H](O)[C@@H](O[C@@H]3[C@@H](O)[C@H](CO)O[C@H]3O)O[C@H](CO)[C@H]2O)[C@H](O)[C@H]1O. The molecule has 3 saturated heterocycles. The third-order valence-electron chi connectivity index (χ3n) is 5.40. The van der Waals surface area contributed by atoms with Gasteiger partial charge >= 0.3 is 0 Å². The van der Waals surface area contributed by atoms with Crippen LogP contribution in [0.15, 0.2) is 0 Å². The highest BCUT2D eigenvalue weighted by Gasteiger charge is 2.53. The Labute approximate surface area is 170 Å². The van der Waals surface area contributed by atoms with Gasteiger partial charge in [-0.2, -0.15) is 0 Å². The van der Waals surface area contributed by atoms with Gasteiger partial charge in [0.1, 0.15) is 61.0 Å². The lowest BCUT2D eigenvalue weighted by atomic mass is 9.98. The fourth-order valence-corrected chi connectivity index (χ4v) is 3.63. The van der Waals surface area contributed by atoms with Crippen LogP contribution < -0.4 is 0 Å². The summed E-state index contributed by atoms with van der Waals surface area (Å²) in [5, 5.41) is 88.5. The summed E-state index contributed by atoms with van der Waals surface area (Å²) in [6, 6.07) is 0. The molecule has 0 unspecified atom stereocenters. The number of ether oxygens (including phenoxy) is 5. The van der Waals surface area contributed by atoms with Crippen LogP contribution in [-0.2, 0) is 23.7 Å². The van der Waals surface area contributed by atoms with Gasteiger partial charge in [-0.25, -0.2) is 0 Å². The van der Waals surface area contributed by atoms with Gasteiger partial charge in [0, 0.05) is 0 Å². The van der Waals surface area contributed by atoms with Gasteiger partial charge in [-0.1, -0.05) is 0 Å². The van der Waals surface area contributed by atoms with E-state index in [0.717, 1.165) is 0 Å². The third kappa shape index (κ3) is 4.48. The van der Waals surface area contributed by atoms with E-state index >= 15 is 0 Å². The molecule has 3 fully saturated rings. The van der Waals surface area contributed by atoms with Crippen LogP contribution in [0.5, 0.6) is 0 Å². The lowest BCUT2D eigenvalue weighted by Gasteiger charge is -2.43. The van der Waals surface area contributed by atoms with E-state index in [-0.39, 0.29) is 0 Å². The number of aliphatic hydroxyl groups excluding tert-OH is 9. The van der Waals surface area contributed by atoms with E-state index in [0.29, 0.717) is 0 Å². The highest BCUT2D eigenvalue weighted by molar-refractivity contribution is 4.95. The Bertz CT molecular complexity index is 552. The zero-order valence-corrected chi connectivity index (χ0v) is 15.7. The highest BCUT2D eigenvalue weighted by Crippen LogP contribution is 2.32. The van der Waals surface area contributed by atoms with Crippen molar-refractivity contribution in [3.63, 3.8) is 0 Å². The van der Waals surface area contributed by atoms with Crippen LogP contribution in [0.25, 0.3) is 0 Å². The number of hydrogen-bond acceptors (Lipinski definition) is 14. The monoisotopic (exact) mass is 444 g/mol. The average molecular weight is 444 g/mol. The van der Waals surface area contributed by atoms with E-state index in [4.69, 9.17) is 33.9 Å². The first-order chi connectivity index (χ1) is 14.2. The number of rotatable bonds is 7. The van der Waals surface area contributed by atoms with Gasteiger partial charge in [0.05, 0.1) is 19.8 Å². The summed E-state index contributed by atoms with van der Waals surface area (Å²) in [6.45, 7) is -1.96. The minimum atomic E-state index is -1.77. The average Bonchev–Trinajstić information content (AvgIpc) is 3.16. The molecule has 0 aromatic rings. The molecule has 0 bridgehead atoms. The zero-order valence-electron chi connectivity index (χ0n) is 15.7. The molecule has 3 aliphatic rings. The molecule has 9 N–H and O–H groups in total. The second-order valence-corrected chi connectivity index (χ2v) is 7.35. The van der Waals surface area contributed by atoms with Crippen LogP contribution in [0.4, 0.5) is 0 Å².